The van der Waals surface area contributed by atoms with Crippen molar-refractivity contribution in [1.82, 2.24) is 0 Å². The molecular weight excluding hydrogens is 246 g/mol. The Morgan fingerprint density at radius 2 is 2.00 bits per heavy atom. The first-order chi connectivity index (χ1) is 8.83. The van der Waals surface area contributed by atoms with Gasteiger partial charge in [-0.05, 0) is 24.3 Å². The van der Waals surface area contributed by atoms with Crippen LogP contribution in [0.15, 0.2) is 46.9 Å². The topological polar surface area (TPSA) is 25.2 Å². The summed E-state index contributed by atoms with van der Waals surface area (Å²) in [5.74, 6) is 0.960. The first-order valence-corrected chi connectivity index (χ1v) is 6.25. The van der Waals surface area contributed by atoms with Gasteiger partial charge in [-0.15, -0.1) is 0 Å². The van der Waals surface area contributed by atoms with Crippen LogP contribution in [0.25, 0.3) is 22.3 Å². The molecule has 1 aliphatic rings. The van der Waals surface area contributed by atoms with Crippen LogP contribution in [0, 0.1) is 0 Å². The minimum atomic E-state index is 0.704. The Kier molecular flexibility index (Phi) is 1.97. The lowest BCUT2D eigenvalue weighted by atomic mass is 10.0. The van der Waals surface area contributed by atoms with Gasteiger partial charge in [0.1, 0.15) is 11.3 Å². The fourth-order valence-corrected chi connectivity index (χ4v) is 2.70. The summed E-state index contributed by atoms with van der Waals surface area (Å²) in [6.45, 7) is 0.793. The fraction of sp³-hybridized carbons (Fsp3) is 0.0667. The Hall–Kier alpha value is -1.93. The zero-order chi connectivity index (χ0) is 12.1. The normalized spacial score (nSPS) is 12.9. The molecule has 3 aromatic rings. The van der Waals surface area contributed by atoms with Gasteiger partial charge in [0.15, 0.2) is 0 Å². The van der Waals surface area contributed by atoms with Crippen molar-refractivity contribution in [3.8, 4) is 11.3 Å². The lowest BCUT2D eigenvalue weighted by molar-refractivity contribution is 0.626. The average Bonchev–Trinajstić information content (AvgIpc) is 2.76. The number of hydrogen-bond donors (Lipinski definition) is 1. The van der Waals surface area contributed by atoms with Crippen molar-refractivity contribution in [1.29, 1.82) is 0 Å². The van der Waals surface area contributed by atoms with Crippen LogP contribution in [0.5, 0.6) is 0 Å². The molecule has 1 N–H and O–H groups in total. The van der Waals surface area contributed by atoms with Crippen molar-refractivity contribution in [2.24, 2.45) is 0 Å². The van der Waals surface area contributed by atoms with Crippen LogP contribution < -0.4 is 5.32 Å². The first-order valence-electron chi connectivity index (χ1n) is 5.87. The third kappa shape index (κ3) is 1.30. The molecular formula is C15H10ClNO. The van der Waals surface area contributed by atoms with E-state index in [1.807, 2.05) is 30.3 Å². The summed E-state index contributed by atoms with van der Waals surface area (Å²) in [6.07, 6.45) is 0. The van der Waals surface area contributed by atoms with Gasteiger partial charge in [0.05, 0.1) is 0 Å². The van der Waals surface area contributed by atoms with E-state index in [1.165, 1.54) is 5.56 Å². The van der Waals surface area contributed by atoms with E-state index in [0.717, 1.165) is 34.5 Å². The molecule has 1 aliphatic heterocycles. The van der Waals surface area contributed by atoms with Gasteiger partial charge in [-0.1, -0.05) is 23.7 Å². The van der Waals surface area contributed by atoms with E-state index in [0.29, 0.717) is 5.02 Å². The molecule has 3 heteroatoms. The van der Waals surface area contributed by atoms with E-state index in [1.54, 1.807) is 0 Å². The molecule has 0 unspecified atom stereocenters. The van der Waals surface area contributed by atoms with Gasteiger partial charge >= 0.3 is 0 Å². The van der Waals surface area contributed by atoms with E-state index >= 15 is 0 Å². The molecule has 0 amide bonds. The Labute approximate surface area is 109 Å². The number of rotatable bonds is 0. The van der Waals surface area contributed by atoms with Gasteiger partial charge in [-0.2, -0.15) is 0 Å². The van der Waals surface area contributed by atoms with Crippen LogP contribution in [0.3, 0.4) is 0 Å². The molecule has 0 atom stereocenters. The van der Waals surface area contributed by atoms with Crippen LogP contribution in [0.2, 0.25) is 5.02 Å². The van der Waals surface area contributed by atoms with Crippen molar-refractivity contribution < 1.29 is 4.42 Å². The molecule has 0 radical (unpaired) electrons. The molecule has 0 bridgehead atoms. The smallest absolute Gasteiger partial charge is 0.142 e. The predicted molar refractivity (Wildman–Crippen MR) is 74.0 cm³/mol. The summed E-state index contributed by atoms with van der Waals surface area (Å²) in [7, 11) is 0. The summed E-state index contributed by atoms with van der Waals surface area (Å²) >= 11 is 6.01. The lowest BCUT2D eigenvalue weighted by Gasteiger charge is -2.16. The fourth-order valence-electron chi connectivity index (χ4n) is 2.54. The second-order valence-corrected chi connectivity index (χ2v) is 4.89. The first kappa shape index (κ1) is 10.0. The molecule has 88 valence electrons. The van der Waals surface area contributed by atoms with E-state index in [9.17, 15) is 0 Å². The minimum absolute atomic E-state index is 0.704. The van der Waals surface area contributed by atoms with Gasteiger partial charge in [0.25, 0.3) is 0 Å². The van der Waals surface area contributed by atoms with Crippen molar-refractivity contribution in [2.45, 2.75) is 6.54 Å². The lowest BCUT2D eigenvalue weighted by Crippen LogP contribution is -2.06. The van der Waals surface area contributed by atoms with E-state index in [4.69, 9.17) is 16.0 Å². The van der Waals surface area contributed by atoms with Crippen LogP contribution in [-0.2, 0) is 6.54 Å². The van der Waals surface area contributed by atoms with Crippen LogP contribution >= 0.6 is 11.6 Å². The summed E-state index contributed by atoms with van der Waals surface area (Å²) in [5.41, 5.74) is 4.30. The second kappa shape index (κ2) is 3.53. The highest BCUT2D eigenvalue weighted by molar-refractivity contribution is 6.31. The van der Waals surface area contributed by atoms with Gasteiger partial charge in [0.2, 0.25) is 0 Å². The molecule has 18 heavy (non-hydrogen) atoms. The van der Waals surface area contributed by atoms with E-state index < -0.39 is 0 Å². The third-order valence-corrected chi connectivity index (χ3v) is 3.62. The van der Waals surface area contributed by atoms with Crippen molar-refractivity contribution >= 4 is 28.3 Å². The number of benzene rings is 2. The molecule has 0 spiro atoms. The average molecular weight is 256 g/mol. The monoisotopic (exact) mass is 255 g/mol. The summed E-state index contributed by atoms with van der Waals surface area (Å²) < 4.78 is 5.97. The Morgan fingerprint density at radius 3 is 2.94 bits per heavy atom. The molecule has 0 aliphatic carbocycles. The quantitative estimate of drug-likeness (QED) is 0.631. The minimum Gasteiger partial charge on any atom is -0.456 e. The highest BCUT2D eigenvalue weighted by Crippen LogP contribution is 2.41. The van der Waals surface area contributed by atoms with Crippen LogP contribution in [0.4, 0.5) is 5.69 Å². The maximum Gasteiger partial charge on any atom is 0.142 e. The zero-order valence-electron chi connectivity index (χ0n) is 9.53. The number of fused-ring (bicyclic) bond motifs is 5. The Balaban J connectivity index is 2.08. The van der Waals surface area contributed by atoms with Gasteiger partial charge in [0, 0.05) is 39.8 Å². The molecule has 0 saturated heterocycles. The molecule has 1 aromatic heterocycles. The largest absolute Gasteiger partial charge is 0.456 e. The molecule has 2 heterocycles. The number of anilines is 1. The second-order valence-electron chi connectivity index (χ2n) is 4.45. The van der Waals surface area contributed by atoms with Gasteiger partial charge < -0.3 is 9.73 Å². The highest BCUT2D eigenvalue weighted by Gasteiger charge is 2.21. The summed E-state index contributed by atoms with van der Waals surface area (Å²) in [5, 5.41) is 5.26. The van der Waals surface area contributed by atoms with Crippen molar-refractivity contribution in [2.75, 3.05) is 5.32 Å². The molecule has 0 saturated carbocycles. The zero-order valence-corrected chi connectivity index (χ0v) is 10.3. The highest BCUT2D eigenvalue weighted by atomic mass is 35.5. The van der Waals surface area contributed by atoms with Crippen molar-refractivity contribution in [3.05, 3.63) is 53.1 Å². The predicted octanol–water partition coefficient (Wildman–Crippen LogP) is 4.68. The summed E-state index contributed by atoms with van der Waals surface area (Å²) in [6, 6.07) is 14.0. The maximum absolute atomic E-state index is 6.01. The van der Waals surface area contributed by atoms with Crippen molar-refractivity contribution in [3.63, 3.8) is 0 Å². The number of halogens is 1. The SMILES string of the molecule is Clc1ccc2c3c(oc2c1)-c1ccccc1NC3. The maximum atomic E-state index is 6.01. The number of para-hydroxylation sites is 1. The molecule has 0 fully saturated rings. The van der Waals surface area contributed by atoms with Gasteiger partial charge in [-0.3, -0.25) is 0 Å². The van der Waals surface area contributed by atoms with Crippen LogP contribution in [0.1, 0.15) is 5.56 Å². The molecule has 4 rings (SSSR count). The Morgan fingerprint density at radius 1 is 1.11 bits per heavy atom. The van der Waals surface area contributed by atoms with E-state index in [-0.39, 0.29) is 0 Å². The summed E-state index contributed by atoms with van der Waals surface area (Å²) in [4.78, 5) is 0. The third-order valence-electron chi connectivity index (χ3n) is 3.38. The van der Waals surface area contributed by atoms with Gasteiger partial charge in [-0.25, -0.2) is 0 Å². The molecule has 2 aromatic carbocycles. The Bertz CT molecular complexity index is 760. The number of nitrogens with one attached hydrogen (secondary N) is 1. The number of hydrogen-bond acceptors (Lipinski definition) is 2. The van der Waals surface area contributed by atoms with E-state index in [2.05, 4.69) is 17.4 Å². The van der Waals surface area contributed by atoms with Crippen LogP contribution in [-0.4, -0.2) is 0 Å². The molecule has 2 nitrogen and oxygen atoms in total. The standard InChI is InChI=1S/C15H10ClNO/c16-9-5-6-10-12-8-17-13-4-2-1-3-11(13)15(12)18-14(10)7-9/h1-7,17H,8H2. The number of furan rings is 1.